The molecule has 0 aliphatic heterocycles. The number of pyridine rings is 1. The molecule has 0 fully saturated rings. The summed E-state index contributed by atoms with van der Waals surface area (Å²) in [5.74, 6) is 0.735. The lowest BCUT2D eigenvalue weighted by atomic mass is 10.0. The summed E-state index contributed by atoms with van der Waals surface area (Å²) in [6.45, 7) is 2.15. The fraction of sp³-hybridized carbons (Fsp3) is 0.400. The van der Waals surface area contributed by atoms with Gasteiger partial charge in [0.25, 0.3) is 0 Å². The topological polar surface area (TPSA) is 54.1 Å². The van der Waals surface area contributed by atoms with Gasteiger partial charge in [-0.05, 0) is 24.5 Å². The van der Waals surface area contributed by atoms with E-state index in [0.29, 0.717) is 0 Å². The number of nitrogens with one attached hydrogen (secondary N) is 2. The van der Waals surface area contributed by atoms with E-state index in [0.717, 1.165) is 47.2 Å². The Morgan fingerprint density at radius 2 is 2.11 bits per heavy atom. The maximum atomic E-state index is 11.7. The monoisotopic (exact) mass is 260 g/mol. The zero-order valence-corrected chi connectivity index (χ0v) is 11.7. The van der Waals surface area contributed by atoms with Crippen LogP contribution in [0.15, 0.2) is 23.0 Å². The van der Waals surface area contributed by atoms with E-state index in [4.69, 9.17) is 4.74 Å². The number of ether oxygens (including phenoxy) is 1. The van der Waals surface area contributed by atoms with Gasteiger partial charge in [0, 0.05) is 24.6 Å². The van der Waals surface area contributed by atoms with E-state index in [1.807, 2.05) is 19.2 Å². The van der Waals surface area contributed by atoms with E-state index in [2.05, 4.69) is 17.2 Å². The second-order valence-electron chi connectivity index (χ2n) is 4.61. The summed E-state index contributed by atoms with van der Waals surface area (Å²) < 4.78 is 5.32. The number of hydrogen-bond acceptors (Lipinski definition) is 3. The van der Waals surface area contributed by atoms with Crippen molar-refractivity contribution in [1.82, 2.24) is 4.98 Å². The summed E-state index contributed by atoms with van der Waals surface area (Å²) in [7, 11) is 3.49. The third-order valence-corrected chi connectivity index (χ3v) is 3.32. The first-order valence-electron chi connectivity index (χ1n) is 6.61. The Hall–Kier alpha value is -1.97. The third-order valence-electron chi connectivity index (χ3n) is 3.32. The molecular weight excluding hydrogens is 240 g/mol. The first-order chi connectivity index (χ1) is 9.19. The fourth-order valence-electron chi connectivity index (χ4n) is 2.29. The molecule has 1 aromatic heterocycles. The Balaban J connectivity index is 2.64. The fourth-order valence-corrected chi connectivity index (χ4v) is 2.29. The minimum absolute atomic E-state index is 0.0575. The van der Waals surface area contributed by atoms with Gasteiger partial charge in [0.1, 0.15) is 5.75 Å². The van der Waals surface area contributed by atoms with E-state index in [-0.39, 0.29) is 5.56 Å². The summed E-state index contributed by atoms with van der Waals surface area (Å²) >= 11 is 0. The lowest BCUT2D eigenvalue weighted by molar-refractivity contribution is 0.417. The van der Waals surface area contributed by atoms with Crippen molar-refractivity contribution < 1.29 is 4.74 Å². The smallest absolute Gasteiger partial charge is 0.248 e. The molecule has 1 aromatic carbocycles. The molecule has 4 heteroatoms. The second kappa shape index (κ2) is 5.78. The van der Waals surface area contributed by atoms with Crippen molar-refractivity contribution in [3.8, 4) is 5.75 Å². The Labute approximate surface area is 112 Å². The first kappa shape index (κ1) is 13.5. The van der Waals surface area contributed by atoms with Crippen molar-refractivity contribution in [3.05, 3.63) is 34.1 Å². The molecule has 0 bridgehead atoms. The van der Waals surface area contributed by atoms with Gasteiger partial charge in [0.2, 0.25) is 5.56 Å². The highest BCUT2D eigenvalue weighted by Crippen LogP contribution is 2.30. The molecule has 0 radical (unpaired) electrons. The summed E-state index contributed by atoms with van der Waals surface area (Å²) in [4.78, 5) is 14.6. The van der Waals surface area contributed by atoms with Gasteiger partial charge in [-0.3, -0.25) is 4.79 Å². The van der Waals surface area contributed by atoms with Crippen molar-refractivity contribution in [1.29, 1.82) is 0 Å². The highest BCUT2D eigenvalue weighted by Gasteiger charge is 2.09. The minimum atomic E-state index is -0.0575. The van der Waals surface area contributed by atoms with Crippen LogP contribution in [0.2, 0.25) is 0 Å². The molecule has 0 spiro atoms. The highest BCUT2D eigenvalue weighted by molar-refractivity contribution is 5.88. The highest BCUT2D eigenvalue weighted by atomic mass is 16.5. The number of H-pyrrole nitrogens is 1. The van der Waals surface area contributed by atoms with E-state index >= 15 is 0 Å². The van der Waals surface area contributed by atoms with Crippen LogP contribution in [0.3, 0.4) is 0 Å². The van der Waals surface area contributed by atoms with Gasteiger partial charge in [0.05, 0.1) is 18.3 Å². The summed E-state index contributed by atoms with van der Waals surface area (Å²) in [5.41, 5.74) is 2.80. The van der Waals surface area contributed by atoms with Crippen molar-refractivity contribution in [3.63, 3.8) is 0 Å². The molecule has 0 aliphatic carbocycles. The molecule has 0 aliphatic rings. The molecule has 0 unspecified atom stereocenters. The number of benzene rings is 1. The molecule has 0 saturated heterocycles. The minimum Gasteiger partial charge on any atom is -0.495 e. The molecule has 0 atom stereocenters. The molecule has 2 N–H and O–H groups in total. The SMILES string of the molecule is CCCCc1cc(=O)[nH]c2cc(OC)c(NC)cc12. The zero-order valence-electron chi connectivity index (χ0n) is 11.7. The van der Waals surface area contributed by atoms with Crippen molar-refractivity contribution >= 4 is 16.6 Å². The van der Waals surface area contributed by atoms with E-state index in [1.165, 1.54) is 0 Å². The summed E-state index contributed by atoms with van der Waals surface area (Å²) in [6.07, 6.45) is 3.12. The van der Waals surface area contributed by atoms with Gasteiger partial charge in [-0.15, -0.1) is 0 Å². The van der Waals surface area contributed by atoms with Gasteiger partial charge in [-0.1, -0.05) is 13.3 Å². The largest absolute Gasteiger partial charge is 0.495 e. The lowest BCUT2D eigenvalue weighted by Crippen LogP contribution is -2.07. The van der Waals surface area contributed by atoms with Gasteiger partial charge in [-0.25, -0.2) is 0 Å². The van der Waals surface area contributed by atoms with Crippen LogP contribution in [-0.4, -0.2) is 19.1 Å². The number of aryl methyl sites for hydroxylation is 1. The lowest BCUT2D eigenvalue weighted by Gasteiger charge is -2.12. The number of hydrogen-bond donors (Lipinski definition) is 2. The van der Waals surface area contributed by atoms with Gasteiger partial charge in [0.15, 0.2) is 0 Å². The van der Waals surface area contributed by atoms with Gasteiger partial charge >= 0.3 is 0 Å². The van der Waals surface area contributed by atoms with Crippen molar-refractivity contribution in [2.75, 3.05) is 19.5 Å². The zero-order chi connectivity index (χ0) is 13.8. The van der Waals surface area contributed by atoms with Crippen LogP contribution < -0.4 is 15.6 Å². The molecule has 19 heavy (non-hydrogen) atoms. The molecular formula is C15H20N2O2. The van der Waals surface area contributed by atoms with Crippen LogP contribution in [0.25, 0.3) is 10.9 Å². The van der Waals surface area contributed by atoms with Crippen molar-refractivity contribution in [2.24, 2.45) is 0 Å². The summed E-state index contributed by atoms with van der Waals surface area (Å²) in [6, 6.07) is 5.61. The molecule has 4 nitrogen and oxygen atoms in total. The Bertz CT molecular complexity index is 632. The maximum absolute atomic E-state index is 11.7. The van der Waals surface area contributed by atoms with E-state index in [9.17, 15) is 4.79 Å². The maximum Gasteiger partial charge on any atom is 0.248 e. The number of aromatic amines is 1. The van der Waals surface area contributed by atoms with Crippen LogP contribution >= 0.6 is 0 Å². The quantitative estimate of drug-likeness (QED) is 0.869. The number of aromatic nitrogens is 1. The molecule has 2 aromatic rings. The van der Waals surface area contributed by atoms with E-state index in [1.54, 1.807) is 13.2 Å². The standard InChI is InChI=1S/C15H20N2O2/c1-4-5-6-10-7-15(18)17-12-9-14(19-3)13(16-2)8-11(10)12/h7-9,16H,4-6H2,1-3H3,(H,17,18). The van der Waals surface area contributed by atoms with Crippen LogP contribution in [0.1, 0.15) is 25.3 Å². The van der Waals surface area contributed by atoms with Crippen LogP contribution in [0.5, 0.6) is 5.75 Å². The number of anilines is 1. The molecule has 102 valence electrons. The van der Waals surface area contributed by atoms with Gasteiger partial charge < -0.3 is 15.0 Å². The van der Waals surface area contributed by atoms with E-state index < -0.39 is 0 Å². The normalized spacial score (nSPS) is 10.7. The summed E-state index contributed by atoms with van der Waals surface area (Å²) in [5, 5.41) is 4.20. The number of unbranched alkanes of at least 4 members (excludes halogenated alkanes) is 1. The Morgan fingerprint density at radius 1 is 1.32 bits per heavy atom. The Kier molecular flexibility index (Phi) is 4.10. The van der Waals surface area contributed by atoms with Crippen LogP contribution in [-0.2, 0) is 6.42 Å². The van der Waals surface area contributed by atoms with Crippen LogP contribution in [0, 0.1) is 0 Å². The third kappa shape index (κ3) is 2.72. The predicted molar refractivity (Wildman–Crippen MR) is 79.3 cm³/mol. The molecule has 1 heterocycles. The molecule has 2 rings (SSSR count). The predicted octanol–water partition coefficient (Wildman–Crippen LogP) is 2.92. The molecule has 0 saturated carbocycles. The number of methoxy groups -OCH3 is 1. The first-order valence-corrected chi connectivity index (χ1v) is 6.61. The number of rotatable bonds is 5. The Morgan fingerprint density at radius 3 is 2.74 bits per heavy atom. The average Bonchev–Trinajstić information content (AvgIpc) is 2.43. The second-order valence-corrected chi connectivity index (χ2v) is 4.61. The van der Waals surface area contributed by atoms with Crippen molar-refractivity contribution in [2.45, 2.75) is 26.2 Å². The average molecular weight is 260 g/mol. The number of fused-ring (bicyclic) bond motifs is 1. The molecule has 0 amide bonds. The van der Waals surface area contributed by atoms with Crippen LogP contribution in [0.4, 0.5) is 5.69 Å². The van der Waals surface area contributed by atoms with Gasteiger partial charge in [-0.2, -0.15) is 0 Å².